The Labute approximate surface area is 178 Å². The standard InChI is InChI=1S/C20H25ClF3N5O/c1-19(2,3)10-17(30)26-18-13(21)9-15-14(25-18)6-5-7-29(15)11-12-8-16(20(22,23)24)28(4)27-12/h8-9H,5-7,10-11H2,1-4H3,(H,25,26,30). The van der Waals surface area contributed by atoms with Crippen LogP contribution in [0.5, 0.6) is 0 Å². The summed E-state index contributed by atoms with van der Waals surface area (Å²) >= 11 is 6.36. The third-order valence-corrected chi connectivity index (χ3v) is 5.02. The quantitative estimate of drug-likeness (QED) is 0.736. The first kappa shape index (κ1) is 22.4. The molecule has 0 fully saturated rings. The van der Waals surface area contributed by atoms with Crippen molar-refractivity contribution in [3.8, 4) is 0 Å². The summed E-state index contributed by atoms with van der Waals surface area (Å²) in [6, 6.07) is 2.77. The summed E-state index contributed by atoms with van der Waals surface area (Å²) in [6.07, 6.45) is -2.64. The third-order valence-electron chi connectivity index (χ3n) is 4.74. The van der Waals surface area contributed by atoms with Gasteiger partial charge in [0.15, 0.2) is 5.82 Å². The van der Waals surface area contributed by atoms with Crippen LogP contribution in [-0.2, 0) is 31.0 Å². The van der Waals surface area contributed by atoms with Crippen LogP contribution in [0.2, 0.25) is 5.02 Å². The van der Waals surface area contributed by atoms with Crippen LogP contribution in [0.25, 0.3) is 0 Å². The van der Waals surface area contributed by atoms with Gasteiger partial charge < -0.3 is 10.2 Å². The Bertz CT molecular complexity index is 949. The molecule has 0 saturated carbocycles. The maximum Gasteiger partial charge on any atom is 0.433 e. The molecule has 30 heavy (non-hydrogen) atoms. The van der Waals surface area contributed by atoms with E-state index >= 15 is 0 Å². The van der Waals surface area contributed by atoms with Gasteiger partial charge in [0.1, 0.15) is 5.69 Å². The number of alkyl halides is 3. The number of hydrogen-bond acceptors (Lipinski definition) is 4. The number of nitrogens with one attached hydrogen (secondary N) is 1. The van der Waals surface area contributed by atoms with Gasteiger partial charge in [0.05, 0.1) is 28.6 Å². The largest absolute Gasteiger partial charge is 0.433 e. The molecule has 0 aromatic carbocycles. The highest BCUT2D eigenvalue weighted by Crippen LogP contribution is 2.34. The lowest BCUT2D eigenvalue weighted by Gasteiger charge is -2.30. The van der Waals surface area contributed by atoms with Crippen LogP contribution in [0.15, 0.2) is 12.1 Å². The summed E-state index contributed by atoms with van der Waals surface area (Å²) in [4.78, 5) is 18.7. The highest BCUT2D eigenvalue weighted by atomic mass is 35.5. The van der Waals surface area contributed by atoms with Crippen LogP contribution in [0.4, 0.5) is 24.7 Å². The van der Waals surface area contributed by atoms with Gasteiger partial charge in [-0.25, -0.2) is 4.98 Å². The monoisotopic (exact) mass is 443 g/mol. The molecular formula is C20H25ClF3N5O. The summed E-state index contributed by atoms with van der Waals surface area (Å²) < 4.78 is 40.0. The van der Waals surface area contributed by atoms with Crippen molar-refractivity contribution >= 4 is 29.0 Å². The van der Waals surface area contributed by atoms with E-state index in [1.54, 1.807) is 6.07 Å². The second-order valence-electron chi connectivity index (χ2n) is 8.74. The van der Waals surface area contributed by atoms with Crippen molar-refractivity contribution in [2.45, 2.75) is 52.8 Å². The van der Waals surface area contributed by atoms with E-state index in [1.807, 2.05) is 25.7 Å². The van der Waals surface area contributed by atoms with Gasteiger partial charge in [-0.1, -0.05) is 32.4 Å². The molecule has 0 radical (unpaired) electrons. The van der Waals surface area contributed by atoms with Gasteiger partial charge in [-0.05, 0) is 30.4 Å². The molecule has 3 rings (SSSR count). The fourth-order valence-corrected chi connectivity index (χ4v) is 3.70. The van der Waals surface area contributed by atoms with Gasteiger partial charge >= 0.3 is 6.18 Å². The molecule has 0 bridgehead atoms. The molecule has 6 nitrogen and oxygen atoms in total. The lowest BCUT2D eigenvalue weighted by atomic mass is 9.92. The van der Waals surface area contributed by atoms with Crippen LogP contribution in [-0.4, -0.2) is 27.2 Å². The number of aryl methyl sites for hydroxylation is 2. The van der Waals surface area contributed by atoms with Crippen molar-refractivity contribution in [2.75, 3.05) is 16.8 Å². The van der Waals surface area contributed by atoms with Gasteiger partial charge in [0.25, 0.3) is 0 Å². The molecule has 3 heterocycles. The predicted molar refractivity (Wildman–Crippen MR) is 110 cm³/mol. The van der Waals surface area contributed by atoms with Gasteiger partial charge in [-0.2, -0.15) is 18.3 Å². The van der Waals surface area contributed by atoms with Gasteiger partial charge in [0, 0.05) is 20.0 Å². The van der Waals surface area contributed by atoms with Crippen LogP contribution in [0, 0.1) is 5.41 Å². The summed E-state index contributed by atoms with van der Waals surface area (Å²) in [5.41, 5.74) is 0.863. The van der Waals surface area contributed by atoms with E-state index in [4.69, 9.17) is 11.6 Å². The minimum Gasteiger partial charge on any atom is -0.364 e. The number of aromatic nitrogens is 3. The van der Waals surface area contributed by atoms with Crippen LogP contribution >= 0.6 is 11.6 Å². The molecule has 1 aliphatic heterocycles. The van der Waals surface area contributed by atoms with Crippen molar-refractivity contribution in [1.29, 1.82) is 0 Å². The maximum atomic E-state index is 13.0. The van der Waals surface area contributed by atoms with Crippen LogP contribution < -0.4 is 10.2 Å². The van der Waals surface area contributed by atoms with E-state index in [0.29, 0.717) is 35.9 Å². The number of rotatable bonds is 4. The molecule has 1 aliphatic rings. The van der Waals surface area contributed by atoms with E-state index < -0.39 is 11.9 Å². The van der Waals surface area contributed by atoms with E-state index in [1.165, 1.54) is 7.05 Å². The SMILES string of the molecule is Cn1nc(CN2CCCc3nc(NC(=O)CC(C)(C)C)c(Cl)cc32)cc1C(F)(F)F. The number of amides is 1. The molecule has 0 unspecified atom stereocenters. The number of hydrogen-bond donors (Lipinski definition) is 1. The third kappa shape index (κ3) is 5.24. The number of halogens is 4. The Morgan fingerprint density at radius 1 is 1.27 bits per heavy atom. The predicted octanol–water partition coefficient (Wildman–Crippen LogP) is 4.81. The second-order valence-corrected chi connectivity index (χ2v) is 9.14. The molecule has 1 N–H and O–H groups in total. The van der Waals surface area contributed by atoms with Crippen molar-refractivity contribution in [3.63, 3.8) is 0 Å². The summed E-state index contributed by atoms with van der Waals surface area (Å²) in [7, 11) is 1.28. The smallest absolute Gasteiger partial charge is 0.364 e. The second kappa shape index (κ2) is 8.09. The Morgan fingerprint density at radius 2 is 1.97 bits per heavy atom. The average molecular weight is 444 g/mol. The Kier molecular flexibility index (Phi) is 6.04. The molecule has 2 aromatic rings. The molecule has 164 valence electrons. The average Bonchev–Trinajstić information content (AvgIpc) is 2.95. The van der Waals surface area contributed by atoms with Gasteiger partial charge in [-0.15, -0.1) is 0 Å². The zero-order valence-electron chi connectivity index (χ0n) is 17.4. The Hall–Kier alpha value is -2.29. The first-order valence-electron chi connectivity index (χ1n) is 9.68. The number of nitrogens with zero attached hydrogens (tertiary/aromatic N) is 4. The first-order valence-corrected chi connectivity index (χ1v) is 10.1. The molecule has 0 atom stereocenters. The zero-order chi connectivity index (χ0) is 22.3. The number of carbonyl (C=O) groups excluding carboxylic acids is 1. The number of anilines is 2. The van der Waals surface area contributed by atoms with Gasteiger partial charge in [0.2, 0.25) is 5.91 Å². The minimum atomic E-state index is -4.45. The first-order chi connectivity index (χ1) is 13.8. The van der Waals surface area contributed by atoms with Crippen molar-refractivity contribution in [1.82, 2.24) is 14.8 Å². The normalized spacial score (nSPS) is 14.6. The Morgan fingerprint density at radius 3 is 2.57 bits per heavy atom. The van der Waals surface area contributed by atoms with Crippen molar-refractivity contribution in [3.05, 3.63) is 34.2 Å². The summed E-state index contributed by atoms with van der Waals surface area (Å²) in [5.74, 6) is 0.140. The van der Waals surface area contributed by atoms with Crippen molar-refractivity contribution < 1.29 is 18.0 Å². The van der Waals surface area contributed by atoms with Crippen LogP contribution in [0.3, 0.4) is 0 Å². The van der Waals surface area contributed by atoms with Gasteiger partial charge in [-0.3, -0.25) is 9.48 Å². The number of carbonyl (C=O) groups is 1. The number of pyridine rings is 1. The Balaban J connectivity index is 1.81. The van der Waals surface area contributed by atoms with E-state index in [2.05, 4.69) is 15.4 Å². The summed E-state index contributed by atoms with van der Waals surface area (Å²) in [5, 5.41) is 7.06. The van der Waals surface area contributed by atoms with E-state index in [-0.39, 0.29) is 17.9 Å². The van der Waals surface area contributed by atoms with Crippen LogP contribution in [0.1, 0.15) is 50.7 Å². The zero-order valence-corrected chi connectivity index (χ0v) is 18.2. The molecule has 1 amide bonds. The number of fused-ring (bicyclic) bond motifs is 1. The molecular weight excluding hydrogens is 419 g/mol. The van der Waals surface area contributed by atoms with E-state index in [9.17, 15) is 18.0 Å². The topological polar surface area (TPSA) is 63.1 Å². The summed E-state index contributed by atoms with van der Waals surface area (Å²) in [6.45, 7) is 6.76. The molecule has 0 aliphatic carbocycles. The van der Waals surface area contributed by atoms with E-state index in [0.717, 1.165) is 28.6 Å². The minimum absolute atomic E-state index is 0.167. The lowest BCUT2D eigenvalue weighted by molar-refractivity contribution is -0.143. The highest BCUT2D eigenvalue weighted by molar-refractivity contribution is 6.33. The molecule has 0 saturated heterocycles. The van der Waals surface area contributed by atoms with Crippen molar-refractivity contribution in [2.24, 2.45) is 12.5 Å². The fraction of sp³-hybridized carbons (Fsp3) is 0.550. The molecule has 10 heteroatoms. The fourth-order valence-electron chi connectivity index (χ4n) is 3.51. The molecule has 2 aromatic heterocycles. The maximum absolute atomic E-state index is 13.0. The highest BCUT2D eigenvalue weighted by Gasteiger charge is 2.35. The lowest BCUT2D eigenvalue weighted by Crippen LogP contribution is -2.30. The molecule has 0 spiro atoms.